The van der Waals surface area contributed by atoms with E-state index in [9.17, 15) is 13.2 Å². The van der Waals surface area contributed by atoms with Crippen LogP contribution in [0.5, 0.6) is 5.75 Å². The molecule has 0 N–H and O–H groups in total. The van der Waals surface area contributed by atoms with Gasteiger partial charge in [-0.1, -0.05) is 24.3 Å². The van der Waals surface area contributed by atoms with Crippen molar-refractivity contribution >= 4 is 42.4 Å². The number of rotatable bonds is 8. The van der Waals surface area contributed by atoms with Gasteiger partial charge in [0.2, 0.25) is 0 Å². The molecule has 3 aromatic rings. The van der Waals surface area contributed by atoms with Crippen LogP contribution in [0.25, 0.3) is 10.2 Å². The number of nitrogens with zero attached hydrogens (tertiary/aromatic N) is 3. The van der Waals surface area contributed by atoms with Crippen LogP contribution < -0.4 is 9.64 Å². The Kier molecular flexibility index (Phi) is 7.28. The Morgan fingerprint density at radius 1 is 1.21 bits per heavy atom. The Hall–Kier alpha value is -2.53. The second-order valence-corrected chi connectivity index (χ2v) is 11.0. The number of methoxy groups -OCH3 is 1. The van der Waals surface area contributed by atoms with Crippen molar-refractivity contribution in [1.29, 1.82) is 0 Å². The molecule has 1 aromatic heterocycles. The van der Waals surface area contributed by atoms with Gasteiger partial charge in [0, 0.05) is 37.8 Å². The topological polar surface area (TPSA) is 89.0 Å². The van der Waals surface area contributed by atoms with Crippen molar-refractivity contribution in [3.05, 3.63) is 48.0 Å². The molecule has 2 heterocycles. The van der Waals surface area contributed by atoms with Gasteiger partial charge in [0.15, 0.2) is 15.0 Å². The van der Waals surface area contributed by atoms with Crippen molar-refractivity contribution in [2.75, 3.05) is 57.2 Å². The minimum absolute atomic E-state index is 0.0227. The van der Waals surface area contributed by atoms with E-state index in [1.807, 2.05) is 18.2 Å². The summed E-state index contributed by atoms with van der Waals surface area (Å²) in [6.45, 7) is 5.65. The van der Waals surface area contributed by atoms with Gasteiger partial charge in [0.05, 0.1) is 41.2 Å². The molecule has 1 saturated heterocycles. The van der Waals surface area contributed by atoms with Gasteiger partial charge in [-0.2, -0.15) is 0 Å². The van der Waals surface area contributed by atoms with Crippen molar-refractivity contribution in [2.45, 2.75) is 11.8 Å². The number of carbonyl (C=O) groups is 1. The fourth-order valence-corrected chi connectivity index (χ4v) is 5.53. The van der Waals surface area contributed by atoms with Gasteiger partial charge in [-0.25, -0.2) is 13.4 Å². The van der Waals surface area contributed by atoms with Gasteiger partial charge in [0.25, 0.3) is 5.91 Å². The molecule has 2 aromatic carbocycles. The first-order chi connectivity index (χ1) is 15.9. The standard InChI is InChI=1S/C23H27N3O5S2/c1-3-33(28,29)19-6-4-5-17(15-19)22(27)26(10-9-25-11-13-31-14-12-25)23-24-20-16-18(30-2)7-8-21(20)32-23/h4-8,15-16H,3,9-14H2,1-2H3. The first-order valence-electron chi connectivity index (χ1n) is 10.8. The smallest absolute Gasteiger partial charge is 0.260 e. The summed E-state index contributed by atoms with van der Waals surface area (Å²) < 4.78 is 36.4. The summed E-state index contributed by atoms with van der Waals surface area (Å²) in [5.74, 6) is 0.399. The number of hydrogen-bond acceptors (Lipinski definition) is 8. The minimum Gasteiger partial charge on any atom is -0.497 e. The first-order valence-corrected chi connectivity index (χ1v) is 13.3. The highest BCUT2D eigenvalue weighted by Crippen LogP contribution is 2.32. The fraction of sp³-hybridized carbons (Fsp3) is 0.391. The second-order valence-electron chi connectivity index (χ2n) is 7.67. The summed E-state index contributed by atoms with van der Waals surface area (Å²) >= 11 is 1.43. The maximum Gasteiger partial charge on any atom is 0.260 e. The average Bonchev–Trinajstić information content (AvgIpc) is 3.27. The Balaban J connectivity index is 1.68. The van der Waals surface area contributed by atoms with E-state index in [-0.39, 0.29) is 16.6 Å². The SMILES string of the molecule is CCS(=O)(=O)c1cccc(C(=O)N(CCN2CCOCC2)c2nc3cc(OC)ccc3s2)c1. The monoisotopic (exact) mass is 489 g/mol. The molecule has 0 spiro atoms. The van der Waals surface area contributed by atoms with E-state index in [0.29, 0.717) is 42.7 Å². The molecule has 1 aliphatic rings. The zero-order valence-corrected chi connectivity index (χ0v) is 20.3. The van der Waals surface area contributed by atoms with E-state index in [1.165, 1.54) is 23.5 Å². The molecule has 176 valence electrons. The molecule has 0 aliphatic carbocycles. The molecule has 0 unspecified atom stereocenters. The van der Waals surface area contributed by atoms with Crippen molar-refractivity contribution in [3.63, 3.8) is 0 Å². The Morgan fingerprint density at radius 2 is 2.00 bits per heavy atom. The lowest BCUT2D eigenvalue weighted by atomic mass is 10.2. The van der Waals surface area contributed by atoms with Gasteiger partial charge in [0.1, 0.15) is 5.75 Å². The number of anilines is 1. The molecule has 0 saturated carbocycles. The number of benzene rings is 2. The molecule has 33 heavy (non-hydrogen) atoms. The number of sulfone groups is 1. The van der Waals surface area contributed by atoms with Crippen LogP contribution in [0.1, 0.15) is 17.3 Å². The highest BCUT2D eigenvalue weighted by Gasteiger charge is 2.24. The molecular weight excluding hydrogens is 462 g/mol. The Morgan fingerprint density at radius 3 is 2.73 bits per heavy atom. The van der Waals surface area contributed by atoms with Gasteiger partial charge >= 0.3 is 0 Å². The van der Waals surface area contributed by atoms with Crippen LogP contribution in [0.2, 0.25) is 0 Å². The summed E-state index contributed by atoms with van der Waals surface area (Å²) in [5, 5.41) is 0.570. The number of hydrogen-bond donors (Lipinski definition) is 0. The fourth-order valence-electron chi connectivity index (χ4n) is 3.63. The molecule has 0 atom stereocenters. The van der Waals surface area contributed by atoms with Crippen LogP contribution in [0, 0.1) is 0 Å². The maximum atomic E-state index is 13.6. The van der Waals surface area contributed by atoms with E-state index in [2.05, 4.69) is 4.90 Å². The third-order valence-corrected chi connectivity index (χ3v) is 8.41. The number of amides is 1. The van der Waals surface area contributed by atoms with Crippen LogP contribution in [-0.4, -0.2) is 76.5 Å². The third kappa shape index (κ3) is 5.35. The summed E-state index contributed by atoms with van der Waals surface area (Å²) in [5.41, 5.74) is 1.07. The number of carbonyl (C=O) groups excluding carboxylic acids is 1. The number of aromatic nitrogens is 1. The molecular formula is C23H27N3O5S2. The molecule has 10 heteroatoms. The minimum atomic E-state index is -3.42. The van der Waals surface area contributed by atoms with E-state index >= 15 is 0 Å². The highest BCUT2D eigenvalue weighted by molar-refractivity contribution is 7.91. The van der Waals surface area contributed by atoms with Gasteiger partial charge in [-0.15, -0.1) is 0 Å². The molecule has 1 fully saturated rings. The maximum absolute atomic E-state index is 13.6. The van der Waals surface area contributed by atoms with Crippen LogP contribution >= 0.6 is 11.3 Å². The molecule has 8 nitrogen and oxygen atoms in total. The van der Waals surface area contributed by atoms with Gasteiger partial charge in [-0.05, 0) is 30.3 Å². The summed E-state index contributed by atoms with van der Waals surface area (Å²) in [4.78, 5) is 22.4. The predicted molar refractivity (Wildman–Crippen MR) is 129 cm³/mol. The Labute approximate surface area is 197 Å². The first kappa shape index (κ1) is 23.6. The lowest BCUT2D eigenvalue weighted by molar-refractivity contribution is 0.0391. The largest absolute Gasteiger partial charge is 0.497 e. The van der Waals surface area contributed by atoms with Crippen LogP contribution in [0.3, 0.4) is 0 Å². The average molecular weight is 490 g/mol. The number of morpholine rings is 1. The Bertz CT molecular complexity index is 1240. The predicted octanol–water partition coefficient (Wildman–Crippen LogP) is 3.08. The molecule has 1 amide bonds. The van der Waals surface area contributed by atoms with Crippen LogP contribution in [0.15, 0.2) is 47.4 Å². The lowest BCUT2D eigenvalue weighted by Gasteiger charge is -2.29. The highest BCUT2D eigenvalue weighted by atomic mass is 32.2. The zero-order chi connectivity index (χ0) is 23.4. The quantitative estimate of drug-likeness (QED) is 0.480. The third-order valence-electron chi connectivity index (χ3n) is 5.62. The summed E-state index contributed by atoms with van der Waals surface area (Å²) in [6, 6.07) is 11.9. The molecule has 1 aliphatic heterocycles. The lowest BCUT2D eigenvalue weighted by Crippen LogP contribution is -2.43. The van der Waals surface area contributed by atoms with Crippen molar-refractivity contribution in [2.24, 2.45) is 0 Å². The van der Waals surface area contributed by atoms with Crippen LogP contribution in [0.4, 0.5) is 5.13 Å². The normalized spacial score (nSPS) is 15.0. The number of fused-ring (bicyclic) bond motifs is 1. The van der Waals surface area contributed by atoms with E-state index in [1.54, 1.807) is 31.1 Å². The molecule has 0 bridgehead atoms. The van der Waals surface area contributed by atoms with Gasteiger partial charge in [-0.3, -0.25) is 14.6 Å². The summed E-state index contributed by atoms with van der Waals surface area (Å²) in [6.07, 6.45) is 0. The van der Waals surface area contributed by atoms with Crippen molar-refractivity contribution in [1.82, 2.24) is 9.88 Å². The van der Waals surface area contributed by atoms with Crippen molar-refractivity contribution in [3.8, 4) is 5.75 Å². The van der Waals surface area contributed by atoms with Crippen molar-refractivity contribution < 1.29 is 22.7 Å². The summed E-state index contributed by atoms with van der Waals surface area (Å²) in [7, 11) is -1.82. The second kappa shape index (κ2) is 10.2. The van der Waals surface area contributed by atoms with Gasteiger partial charge < -0.3 is 9.47 Å². The van der Waals surface area contributed by atoms with E-state index < -0.39 is 9.84 Å². The molecule has 4 rings (SSSR count). The zero-order valence-electron chi connectivity index (χ0n) is 18.7. The number of ether oxygens (including phenoxy) is 2. The van der Waals surface area contributed by atoms with E-state index in [4.69, 9.17) is 14.5 Å². The van der Waals surface area contributed by atoms with Crippen LogP contribution in [-0.2, 0) is 14.6 Å². The van der Waals surface area contributed by atoms with E-state index in [0.717, 1.165) is 23.3 Å². The molecule has 0 radical (unpaired) electrons. The number of thiazole rings is 1.